The van der Waals surface area contributed by atoms with Gasteiger partial charge < -0.3 is 0 Å². The molecule has 0 aliphatic heterocycles. The van der Waals surface area contributed by atoms with Crippen molar-refractivity contribution in [3.63, 3.8) is 0 Å². The molecule has 20 heavy (non-hydrogen) atoms. The number of hydrogen-bond acceptors (Lipinski definition) is 1. The molecule has 3 aromatic rings. The molecule has 0 spiro atoms. The van der Waals surface area contributed by atoms with Crippen molar-refractivity contribution in [1.82, 2.24) is 9.55 Å². The van der Waals surface area contributed by atoms with E-state index in [1.165, 1.54) is 5.56 Å². The Morgan fingerprint density at radius 1 is 1.15 bits per heavy atom. The number of halogens is 1. The molecule has 3 heteroatoms. The predicted octanol–water partition coefficient (Wildman–Crippen LogP) is 4.62. The number of aromatic nitrogens is 2. The van der Waals surface area contributed by atoms with Crippen molar-refractivity contribution >= 4 is 22.6 Å². The van der Waals surface area contributed by atoms with Gasteiger partial charge in [0.25, 0.3) is 0 Å². The number of fused-ring (bicyclic) bond motifs is 1. The molecule has 0 aliphatic rings. The first-order chi connectivity index (χ1) is 9.72. The minimum Gasteiger partial charge on any atom is -0.296 e. The molecule has 0 aliphatic carbocycles. The summed E-state index contributed by atoms with van der Waals surface area (Å²) in [5.41, 5.74) is 4.40. The highest BCUT2D eigenvalue weighted by Crippen LogP contribution is 2.24. The number of imidazole rings is 1. The minimum absolute atomic E-state index is 0.720. The second kappa shape index (κ2) is 5.29. The van der Waals surface area contributed by atoms with Crippen molar-refractivity contribution in [3.8, 4) is 5.69 Å². The van der Waals surface area contributed by atoms with Gasteiger partial charge in [0.2, 0.25) is 0 Å². The van der Waals surface area contributed by atoms with Crippen LogP contribution in [0.2, 0.25) is 5.02 Å². The van der Waals surface area contributed by atoms with Crippen LogP contribution in [0.3, 0.4) is 0 Å². The molecular formula is C17H16ClN2. The van der Waals surface area contributed by atoms with E-state index in [4.69, 9.17) is 11.6 Å². The van der Waals surface area contributed by atoms with Gasteiger partial charge >= 0.3 is 0 Å². The first-order valence-electron chi connectivity index (χ1n) is 6.78. The predicted molar refractivity (Wildman–Crippen MR) is 84.5 cm³/mol. The van der Waals surface area contributed by atoms with Crippen molar-refractivity contribution in [1.29, 1.82) is 0 Å². The first kappa shape index (κ1) is 13.2. The Labute approximate surface area is 124 Å². The van der Waals surface area contributed by atoms with Crippen molar-refractivity contribution in [2.45, 2.75) is 19.8 Å². The molecule has 0 saturated heterocycles. The molecule has 101 valence electrons. The lowest BCUT2D eigenvalue weighted by Crippen LogP contribution is -2.00. The molecule has 0 N–H and O–H groups in total. The maximum absolute atomic E-state index is 6.05. The van der Waals surface area contributed by atoms with Gasteiger partial charge in [0.15, 0.2) is 0 Å². The van der Waals surface area contributed by atoms with Crippen LogP contribution in [0, 0.1) is 6.92 Å². The first-order valence-corrected chi connectivity index (χ1v) is 7.16. The summed E-state index contributed by atoms with van der Waals surface area (Å²) < 4.78 is 2.19. The molecule has 0 atom stereocenters. The van der Waals surface area contributed by atoms with E-state index in [2.05, 4.69) is 47.7 Å². The van der Waals surface area contributed by atoms with Crippen molar-refractivity contribution in [2.75, 3.05) is 0 Å². The Morgan fingerprint density at radius 3 is 2.55 bits per heavy atom. The average molecular weight is 284 g/mol. The quantitative estimate of drug-likeness (QED) is 0.686. The van der Waals surface area contributed by atoms with Crippen LogP contribution in [-0.4, -0.2) is 9.55 Å². The standard InChI is InChI=1S/C17H16ClN2/c1-3-12-5-8-14(9-6-12)20-16-10-7-13(18)11-15(16)19-17(20)4-2/h5-11H,1,3-4H2,2H3. The summed E-state index contributed by atoms with van der Waals surface area (Å²) in [5.74, 6) is 1.05. The normalized spacial score (nSPS) is 11.2. The molecule has 1 heterocycles. The molecule has 2 nitrogen and oxygen atoms in total. The highest BCUT2D eigenvalue weighted by atomic mass is 35.5. The van der Waals surface area contributed by atoms with Gasteiger partial charge in [-0.15, -0.1) is 0 Å². The lowest BCUT2D eigenvalue weighted by Gasteiger charge is -2.09. The monoisotopic (exact) mass is 283 g/mol. The van der Waals surface area contributed by atoms with E-state index >= 15 is 0 Å². The lowest BCUT2D eigenvalue weighted by molar-refractivity contribution is 0.907. The van der Waals surface area contributed by atoms with E-state index in [0.717, 1.165) is 40.4 Å². The highest BCUT2D eigenvalue weighted by Gasteiger charge is 2.11. The molecule has 0 unspecified atom stereocenters. The van der Waals surface area contributed by atoms with Gasteiger partial charge in [0.1, 0.15) is 5.82 Å². The van der Waals surface area contributed by atoms with E-state index in [1.807, 2.05) is 18.2 Å². The number of rotatable bonds is 3. The summed E-state index contributed by atoms with van der Waals surface area (Å²) in [6.07, 6.45) is 1.69. The third kappa shape index (κ3) is 2.20. The smallest absolute Gasteiger partial charge is 0.114 e. The highest BCUT2D eigenvalue weighted by molar-refractivity contribution is 6.31. The summed E-state index contributed by atoms with van der Waals surface area (Å²) >= 11 is 6.05. The van der Waals surface area contributed by atoms with E-state index in [-0.39, 0.29) is 0 Å². The van der Waals surface area contributed by atoms with Crippen molar-refractivity contribution in [3.05, 3.63) is 65.8 Å². The molecule has 0 saturated carbocycles. The van der Waals surface area contributed by atoms with E-state index < -0.39 is 0 Å². The minimum atomic E-state index is 0.720. The summed E-state index contributed by atoms with van der Waals surface area (Å²) in [4.78, 5) is 4.68. The summed E-state index contributed by atoms with van der Waals surface area (Å²) in [6.45, 7) is 6.02. The van der Waals surface area contributed by atoms with Gasteiger partial charge in [0.05, 0.1) is 11.0 Å². The van der Waals surface area contributed by atoms with Crippen LogP contribution in [0.15, 0.2) is 42.5 Å². The second-order valence-corrected chi connectivity index (χ2v) is 5.20. The number of hydrogen-bond donors (Lipinski definition) is 0. The number of aryl methyl sites for hydroxylation is 1. The van der Waals surface area contributed by atoms with Gasteiger partial charge in [-0.05, 0) is 49.2 Å². The fourth-order valence-corrected chi connectivity index (χ4v) is 2.61. The van der Waals surface area contributed by atoms with Crippen LogP contribution >= 0.6 is 11.6 Å². The Hall–Kier alpha value is -1.80. The van der Waals surface area contributed by atoms with Crippen LogP contribution < -0.4 is 0 Å². The molecule has 2 aromatic carbocycles. The molecule has 1 radical (unpaired) electrons. The molecule has 3 rings (SSSR count). The number of benzene rings is 2. The fraction of sp³-hybridized carbons (Fsp3) is 0.176. The topological polar surface area (TPSA) is 17.8 Å². The zero-order chi connectivity index (χ0) is 14.1. The van der Waals surface area contributed by atoms with E-state index in [0.29, 0.717) is 0 Å². The van der Waals surface area contributed by atoms with Gasteiger partial charge in [-0.25, -0.2) is 4.98 Å². The summed E-state index contributed by atoms with van der Waals surface area (Å²) in [5, 5.41) is 0.720. The molecule has 0 amide bonds. The van der Waals surface area contributed by atoms with Gasteiger partial charge in [-0.2, -0.15) is 0 Å². The van der Waals surface area contributed by atoms with Crippen molar-refractivity contribution in [2.24, 2.45) is 0 Å². The Bertz CT molecular complexity index is 742. The summed E-state index contributed by atoms with van der Waals surface area (Å²) in [7, 11) is 0. The third-order valence-electron chi connectivity index (χ3n) is 3.49. The van der Waals surface area contributed by atoms with Gasteiger partial charge in [0, 0.05) is 17.1 Å². The van der Waals surface area contributed by atoms with Crippen LogP contribution in [0.4, 0.5) is 0 Å². The van der Waals surface area contributed by atoms with Gasteiger partial charge in [-0.3, -0.25) is 4.57 Å². The largest absolute Gasteiger partial charge is 0.296 e. The van der Waals surface area contributed by atoms with Crippen molar-refractivity contribution < 1.29 is 0 Å². The molecule has 0 fully saturated rings. The van der Waals surface area contributed by atoms with Crippen LogP contribution in [0.25, 0.3) is 16.7 Å². The Kier molecular flexibility index (Phi) is 3.49. The molecular weight excluding hydrogens is 268 g/mol. The van der Waals surface area contributed by atoms with E-state index in [9.17, 15) is 0 Å². The Morgan fingerprint density at radius 2 is 1.90 bits per heavy atom. The zero-order valence-corrected chi connectivity index (χ0v) is 12.2. The van der Waals surface area contributed by atoms with Crippen LogP contribution in [0.1, 0.15) is 18.3 Å². The molecule has 0 bridgehead atoms. The summed E-state index contributed by atoms with van der Waals surface area (Å²) in [6, 6.07) is 14.3. The third-order valence-corrected chi connectivity index (χ3v) is 3.72. The average Bonchev–Trinajstić information content (AvgIpc) is 2.84. The fourth-order valence-electron chi connectivity index (χ4n) is 2.44. The van der Waals surface area contributed by atoms with Crippen LogP contribution in [0.5, 0.6) is 0 Å². The maximum atomic E-state index is 6.05. The SMILES string of the molecule is [CH2]Cc1ccc(-n2c(CC)nc3cc(Cl)ccc32)cc1. The van der Waals surface area contributed by atoms with Gasteiger partial charge in [-0.1, -0.05) is 30.7 Å². The number of nitrogens with zero attached hydrogens (tertiary/aromatic N) is 2. The zero-order valence-electron chi connectivity index (χ0n) is 11.4. The second-order valence-electron chi connectivity index (χ2n) is 4.77. The molecule has 1 aromatic heterocycles. The van der Waals surface area contributed by atoms with Crippen LogP contribution in [-0.2, 0) is 12.8 Å². The maximum Gasteiger partial charge on any atom is 0.114 e. The lowest BCUT2D eigenvalue weighted by atomic mass is 10.1. The van der Waals surface area contributed by atoms with E-state index in [1.54, 1.807) is 0 Å². The Balaban J connectivity index is 2.22.